The van der Waals surface area contributed by atoms with Gasteiger partial charge in [-0.05, 0) is 49.6 Å². The van der Waals surface area contributed by atoms with E-state index in [0.29, 0.717) is 11.1 Å². The highest BCUT2D eigenvalue weighted by Gasteiger charge is 2.18. The first kappa shape index (κ1) is 22.8. The topological polar surface area (TPSA) is 103 Å². The quantitative estimate of drug-likeness (QED) is 0.398. The number of carbonyl (C=O) groups excluding carboxylic acids is 3. The Bertz CT molecular complexity index is 1100. The van der Waals surface area contributed by atoms with Gasteiger partial charge in [-0.25, -0.2) is 9.59 Å². The third-order valence-corrected chi connectivity index (χ3v) is 5.33. The molecule has 1 heterocycles. The molecule has 0 radical (unpaired) electrons. The molecule has 0 fully saturated rings. The third-order valence-electron chi connectivity index (χ3n) is 5.33. The van der Waals surface area contributed by atoms with Crippen molar-refractivity contribution < 1.29 is 19.1 Å². The smallest absolute Gasteiger partial charge is 0.338 e. The molecule has 0 aliphatic rings. The molecule has 3 aromatic rings. The molecule has 0 aliphatic carbocycles. The molecule has 0 spiro atoms. The van der Waals surface area contributed by atoms with Crippen LogP contribution in [0.25, 0.3) is 0 Å². The van der Waals surface area contributed by atoms with Crippen molar-refractivity contribution in [1.82, 2.24) is 9.88 Å². The lowest BCUT2D eigenvalue weighted by atomic mass is 10.1. The Kier molecular flexibility index (Phi) is 7.44. The van der Waals surface area contributed by atoms with Crippen LogP contribution in [0.1, 0.15) is 43.2 Å². The molecule has 166 valence electrons. The minimum atomic E-state index is -0.619. The summed E-state index contributed by atoms with van der Waals surface area (Å²) in [6, 6.07) is 18.0. The van der Waals surface area contributed by atoms with Crippen LogP contribution in [0.3, 0.4) is 0 Å². The molecule has 0 atom stereocenters. The number of nitrogens with zero attached hydrogens (tertiary/aromatic N) is 1. The van der Waals surface area contributed by atoms with Gasteiger partial charge in [0.25, 0.3) is 0 Å². The van der Waals surface area contributed by atoms with Crippen molar-refractivity contribution in [3.8, 4) is 0 Å². The Morgan fingerprint density at radius 2 is 1.66 bits per heavy atom. The maximum atomic E-state index is 12.7. The van der Waals surface area contributed by atoms with Crippen LogP contribution in [0.2, 0.25) is 0 Å². The van der Waals surface area contributed by atoms with E-state index in [0.717, 1.165) is 29.9 Å². The summed E-state index contributed by atoms with van der Waals surface area (Å²) in [5.74, 6) is -0.815. The summed E-state index contributed by atoms with van der Waals surface area (Å²) >= 11 is 0. The first-order valence-corrected chi connectivity index (χ1v) is 10.4. The van der Waals surface area contributed by atoms with E-state index in [1.54, 1.807) is 24.3 Å². The fourth-order valence-corrected chi connectivity index (χ4v) is 3.55. The van der Waals surface area contributed by atoms with Crippen molar-refractivity contribution in [2.75, 3.05) is 6.61 Å². The summed E-state index contributed by atoms with van der Waals surface area (Å²) in [6.45, 7) is 4.59. The molecule has 32 heavy (non-hydrogen) atoms. The van der Waals surface area contributed by atoms with Gasteiger partial charge >= 0.3 is 12.0 Å². The molecule has 0 saturated carbocycles. The number of hydrogen-bond donors (Lipinski definition) is 2. The predicted molar refractivity (Wildman–Crippen MR) is 122 cm³/mol. The maximum Gasteiger partial charge on any atom is 0.338 e. The Labute approximate surface area is 187 Å². The van der Waals surface area contributed by atoms with Crippen molar-refractivity contribution >= 4 is 17.8 Å². The zero-order valence-corrected chi connectivity index (χ0v) is 18.3. The standard InChI is InChI=1S/C25H27N3O4/c1-17-14-22(18(2)28(17)13-12-19-6-4-3-5-7-19)23(29)16-32-24(30)21-10-8-20(9-11-21)15-27-25(26)31/h3-11,14H,12-13,15-16H2,1-2H3,(H3,26,27,31). The number of primary amides is 1. The second kappa shape index (κ2) is 10.4. The molecule has 3 N–H and O–H groups in total. The van der Waals surface area contributed by atoms with E-state index in [1.807, 2.05) is 38.1 Å². The number of hydrogen-bond acceptors (Lipinski definition) is 4. The third kappa shape index (κ3) is 5.85. The van der Waals surface area contributed by atoms with Crippen LogP contribution in [-0.2, 0) is 24.2 Å². The van der Waals surface area contributed by atoms with Crippen LogP contribution in [0.4, 0.5) is 4.79 Å². The van der Waals surface area contributed by atoms with E-state index in [9.17, 15) is 14.4 Å². The normalized spacial score (nSPS) is 10.6. The molecule has 0 bridgehead atoms. The van der Waals surface area contributed by atoms with E-state index in [1.165, 1.54) is 5.56 Å². The number of carbonyl (C=O) groups is 3. The minimum Gasteiger partial charge on any atom is -0.454 e. The number of esters is 1. The van der Waals surface area contributed by atoms with Gasteiger partial charge in [-0.2, -0.15) is 0 Å². The Morgan fingerprint density at radius 3 is 2.31 bits per heavy atom. The van der Waals surface area contributed by atoms with Gasteiger partial charge in [0.2, 0.25) is 5.78 Å². The van der Waals surface area contributed by atoms with E-state index < -0.39 is 12.0 Å². The molecule has 0 saturated heterocycles. The Hall–Kier alpha value is -3.87. The lowest BCUT2D eigenvalue weighted by Gasteiger charge is -2.10. The van der Waals surface area contributed by atoms with Crippen LogP contribution in [-0.4, -0.2) is 29.0 Å². The summed E-state index contributed by atoms with van der Waals surface area (Å²) in [7, 11) is 0. The van der Waals surface area contributed by atoms with Crippen LogP contribution >= 0.6 is 0 Å². The Balaban J connectivity index is 1.57. The SMILES string of the molecule is Cc1cc(C(=O)COC(=O)c2ccc(CNC(N)=O)cc2)c(C)n1CCc1ccccc1. The fraction of sp³-hybridized carbons (Fsp3) is 0.240. The summed E-state index contributed by atoms with van der Waals surface area (Å²) in [6.07, 6.45) is 0.866. The van der Waals surface area contributed by atoms with Gasteiger partial charge in [0, 0.05) is 30.0 Å². The number of nitrogens with two attached hydrogens (primary N) is 1. The number of Topliss-reactive ketones (excluding diaryl/α,β-unsaturated/α-hetero) is 1. The van der Waals surface area contributed by atoms with E-state index >= 15 is 0 Å². The second-order valence-electron chi connectivity index (χ2n) is 7.59. The number of aryl methyl sites for hydroxylation is 2. The summed E-state index contributed by atoms with van der Waals surface area (Å²) in [5, 5.41) is 2.47. The molecular weight excluding hydrogens is 406 g/mol. The first-order chi connectivity index (χ1) is 15.3. The molecule has 2 aromatic carbocycles. The van der Waals surface area contributed by atoms with E-state index in [2.05, 4.69) is 22.0 Å². The zero-order valence-electron chi connectivity index (χ0n) is 18.3. The molecule has 0 aliphatic heterocycles. The zero-order chi connectivity index (χ0) is 23.1. The van der Waals surface area contributed by atoms with Gasteiger partial charge in [-0.15, -0.1) is 0 Å². The fourth-order valence-electron chi connectivity index (χ4n) is 3.55. The number of nitrogens with one attached hydrogen (secondary N) is 1. The summed E-state index contributed by atoms with van der Waals surface area (Å²) in [4.78, 5) is 35.8. The number of ketones is 1. The van der Waals surface area contributed by atoms with Crippen molar-refractivity contribution in [2.24, 2.45) is 5.73 Å². The van der Waals surface area contributed by atoms with E-state index in [-0.39, 0.29) is 18.9 Å². The van der Waals surface area contributed by atoms with Gasteiger partial charge in [-0.1, -0.05) is 42.5 Å². The van der Waals surface area contributed by atoms with Gasteiger partial charge in [-0.3, -0.25) is 4.79 Å². The summed E-state index contributed by atoms with van der Waals surface area (Å²) < 4.78 is 7.34. The van der Waals surface area contributed by atoms with Crippen molar-refractivity contribution in [1.29, 1.82) is 0 Å². The minimum absolute atomic E-state index is 0.236. The molecule has 1 aromatic heterocycles. The molecule has 0 unspecified atom stereocenters. The molecule has 7 nitrogen and oxygen atoms in total. The van der Waals surface area contributed by atoms with Gasteiger partial charge in [0.05, 0.1) is 5.56 Å². The van der Waals surface area contributed by atoms with Gasteiger partial charge in [0.15, 0.2) is 6.61 Å². The highest BCUT2D eigenvalue weighted by atomic mass is 16.5. The van der Waals surface area contributed by atoms with Gasteiger partial charge in [0.1, 0.15) is 0 Å². The predicted octanol–water partition coefficient (Wildman–Crippen LogP) is 3.56. The van der Waals surface area contributed by atoms with Crippen LogP contribution < -0.4 is 11.1 Å². The van der Waals surface area contributed by atoms with E-state index in [4.69, 9.17) is 10.5 Å². The number of rotatable bonds is 9. The van der Waals surface area contributed by atoms with Crippen LogP contribution in [0, 0.1) is 13.8 Å². The van der Waals surface area contributed by atoms with Crippen LogP contribution in [0.5, 0.6) is 0 Å². The first-order valence-electron chi connectivity index (χ1n) is 10.4. The average molecular weight is 434 g/mol. The molecular formula is C25H27N3O4. The highest BCUT2D eigenvalue weighted by Crippen LogP contribution is 2.17. The number of aromatic nitrogens is 1. The van der Waals surface area contributed by atoms with Gasteiger partial charge < -0.3 is 20.4 Å². The number of amides is 2. The second-order valence-corrected chi connectivity index (χ2v) is 7.59. The maximum absolute atomic E-state index is 12.7. The molecule has 7 heteroatoms. The Morgan fingerprint density at radius 1 is 0.969 bits per heavy atom. The monoisotopic (exact) mass is 433 g/mol. The lowest BCUT2D eigenvalue weighted by Crippen LogP contribution is -2.28. The van der Waals surface area contributed by atoms with Crippen molar-refractivity contribution in [2.45, 2.75) is 33.4 Å². The highest BCUT2D eigenvalue weighted by molar-refractivity contribution is 6.00. The molecule has 3 rings (SSSR count). The largest absolute Gasteiger partial charge is 0.454 e. The average Bonchev–Trinajstić information content (AvgIpc) is 3.08. The molecule has 2 amide bonds. The lowest BCUT2D eigenvalue weighted by molar-refractivity contribution is 0.0474. The number of benzene rings is 2. The van der Waals surface area contributed by atoms with Crippen molar-refractivity contribution in [3.63, 3.8) is 0 Å². The number of ether oxygens (including phenoxy) is 1. The number of urea groups is 1. The summed E-state index contributed by atoms with van der Waals surface area (Å²) in [5.41, 5.74) is 9.82. The van der Waals surface area contributed by atoms with Crippen molar-refractivity contribution in [3.05, 3.63) is 94.3 Å². The van der Waals surface area contributed by atoms with Crippen LogP contribution in [0.15, 0.2) is 60.7 Å².